The zero-order chi connectivity index (χ0) is 26.8. The van der Waals surface area contributed by atoms with Crippen LogP contribution in [0.3, 0.4) is 0 Å². The molecular weight excluding hydrogens is 558 g/mol. The van der Waals surface area contributed by atoms with Crippen LogP contribution in [0.5, 0.6) is 5.75 Å². The lowest BCUT2D eigenvalue weighted by Gasteiger charge is -2.36. The molecule has 1 aliphatic rings. The number of hydrogen-bond acceptors (Lipinski definition) is 6. The van der Waals surface area contributed by atoms with Crippen LogP contribution in [0.1, 0.15) is 42.6 Å². The lowest BCUT2D eigenvalue weighted by Crippen LogP contribution is -2.60. The summed E-state index contributed by atoms with van der Waals surface area (Å²) in [5.41, 5.74) is 1.43. The summed E-state index contributed by atoms with van der Waals surface area (Å²) >= 11 is 8.90. The maximum absolute atomic E-state index is 12.9. The predicted octanol–water partition coefficient (Wildman–Crippen LogP) is 3.87. The van der Waals surface area contributed by atoms with Crippen molar-refractivity contribution < 1.29 is 23.9 Å². The number of nitrogens with zero attached hydrogens (tertiary/aromatic N) is 1. The van der Waals surface area contributed by atoms with Crippen molar-refractivity contribution in [2.45, 2.75) is 39.2 Å². The van der Waals surface area contributed by atoms with Gasteiger partial charge in [-0.1, -0.05) is 44.2 Å². The van der Waals surface area contributed by atoms with Gasteiger partial charge in [-0.2, -0.15) is 0 Å². The summed E-state index contributed by atoms with van der Waals surface area (Å²) in [6, 6.07) is 13.8. The molecule has 37 heavy (non-hydrogen) atoms. The summed E-state index contributed by atoms with van der Waals surface area (Å²) in [5, 5.41) is 5.51. The van der Waals surface area contributed by atoms with E-state index in [1.54, 1.807) is 23.1 Å². The third-order valence-electron chi connectivity index (χ3n) is 5.82. The van der Waals surface area contributed by atoms with E-state index in [1.165, 1.54) is 0 Å². The molecule has 1 heterocycles. The largest absolute Gasteiger partial charge is 0.492 e. The first-order valence-electron chi connectivity index (χ1n) is 12.3. The van der Waals surface area contributed by atoms with Gasteiger partial charge in [0.05, 0.1) is 24.1 Å². The van der Waals surface area contributed by atoms with E-state index in [1.807, 2.05) is 30.3 Å². The molecule has 10 heteroatoms. The molecule has 8 nitrogen and oxygen atoms in total. The van der Waals surface area contributed by atoms with E-state index in [9.17, 15) is 14.4 Å². The fraction of sp³-hybridized carbons (Fsp3) is 0.407. The lowest BCUT2D eigenvalue weighted by atomic mass is 10.1. The van der Waals surface area contributed by atoms with E-state index in [2.05, 4.69) is 40.4 Å². The van der Waals surface area contributed by atoms with Gasteiger partial charge in [-0.3, -0.25) is 19.7 Å². The first kappa shape index (κ1) is 28.6. The Morgan fingerprint density at radius 3 is 2.65 bits per heavy atom. The molecule has 2 N–H and O–H groups in total. The number of nitrogens with one attached hydrogen (secondary N) is 2. The van der Waals surface area contributed by atoms with Crippen LogP contribution >= 0.6 is 28.1 Å². The smallest absolute Gasteiger partial charge is 0.308 e. The first-order valence-corrected chi connectivity index (χ1v) is 13.5. The number of carbonyl (C=O) groups excluding carboxylic acids is 3. The molecule has 0 radical (unpaired) electrons. The molecule has 1 aliphatic heterocycles. The lowest BCUT2D eigenvalue weighted by molar-refractivity contribution is -0.147. The molecule has 0 bridgehead atoms. The number of benzene rings is 2. The topological polar surface area (TPSA) is 97.0 Å². The standard InChI is InChI=1S/C27H32BrN3O5S/c1-18(2)10-14-35-23-9-8-20(16-21(23)28)25(33)30-27(37)31-13-12-29-26(34)22(31)17-24(32)36-15-11-19-6-4-3-5-7-19/h3-9,16,18,22H,10-15,17H2,1-2H3,(H,29,34)(H,30,33,37). The van der Waals surface area contributed by atoms with Crippen molar-refractivity contribution in [3.63, 3.8) is 0 Å². The van der Waals surface area contributed by atoms with E-state index in [-0.39, 0.29) is 24.0 Å². The molecule has 1 atom stereocenters. The van der Waals surface area contributed by atoms with Crippen molar-refractivity contribution >= 4 is 51.0 Å². The highest BCUT2D eigenvalue weighted by Gasteiger charge is 2.34. The number of thiocarbonyl (C=S) groups is 1. The molecule has 198 valence electrons. The van der Waals surface area contributed by atoms with Crippen LogP contribution in [0.4, 0.5) is 0 Å². The second-order valence-corrected chi connectivity index (χ2v) is 10.3. The van der Waals surface area contributed by atoms with Crippen molar-refractivity contribution in [2.75, 3.05) is 26.3 Å². The average molecular weight is 591 g/mol. The molecule has 0 spiro atoms. The quantitative estimate of drug-likeness (QED) is 0.321. The fourth-order valence-electron chi connectivity index (χ4n) is 3.71. The van der Waals surface area contributed by atoms with Gasteiger partial charge in [0.2, 0.25) is 5.91 Å². The molecule has 2 amide bonds. The van der Waals surface area contributed by atoms with Crippen molar-refractivity contribution in [1.29, 1.82) is 0 Å². The molecule has 1 saturated heterocycles. The molecule has 0 saturated carbocycles. The van der Waals surface area contributed by atoms with Gasteiger partial charge in [-0.05, 0) is 64.2 Å². The van der Waals surface area contributed by atoms with Crippen molar-refractivity contribution in [1.82, 2.24) is 15.5 Å². The monoisotopic (exact) mass is 589 g/mol. The fourth-order valence-corrected chi connectivity index (χ4v) is 4.51. The third kappa shape index (κ3) is 8.82. The van der Waals surface area contributed by atoms with Crippen LogP contribution < -0.4 is 15.4 Å². The highest BCUT2D eigenvalue weighted by Crippen LogP contribution is 2.26. The predicted molar refractivity (Wildman–Crippen MR) is 148 cm³/mol. The van der Waals surface area contributed by atoms with E-state index in [0.29, 0.717) is 47.8 Å². The van der Waals surface area contributed by atoms with Gasteiger partial charge in [-0.25, -0.2) is 0 Å². The maximum atomic E-state index is 12.9. The highest BCUT2D eigenvalue weighted by atomic mass is 79.9. The van der Waals surface area contributed by atoms with E-state index >= 15 is 0 Å². The minimum absolute atomic E-state index is 0.0790. The van der Waals surface area contributed by atoms with Crippen molar-refractivity contribution in [3.05, 3.63) is 64.1 Å². The number of halogens is 1. The molecule has 1 fully saturated rings. The van der Waals surface area contributed by atoms with Gasteiger partial charge in [-0.15, -0.1) is 0 Å². The van der Waals surface area contributed by atoms with Crippen molar-refractivity contribution in [3.8, 4) is 5.75 Å². The Morgan fingerprint density at radius 2 is 1.95 bits per heavy atom. The van der Waals surface area contributed by atoms with Crippen LogP contribution in [0.2, 0.25) is 0 Å². The van der Waals surface area contributed by atoms with Crippen molar-refractivity contribution in [2.24, 2.45) is 5.92 Å². The Balaban J connectivity index is 1.55. The van der Waals surface area contributed by atoms with Gasteiger partial charge in [0.1, 0.15) is 11.8 Å². The summed E-state index contributed by atoms with van der Waals surface area (Å²) < 4.78 is 11.8. The summed E-state index contributed by atoms with van der Waals surface area (Å²) in [4.78, 5) is 39.4. The molecule has 0 aromatic heterocycles. The van der Waals surface area contributed by atoms with Gasteiger partial charge < -0.3 is 19.7 Å². The van der Waals surface area contributed by atoms with Gasteiger partial charge >= 0.3 is 5.97 Å². The highest BCUT2D eigenvalue weighted by molar-refractivity contribution is 9.10. The Bertz CT molecular complexity index is 1110. The van der Waals surface area contributed by atoms with E-state index in [4.69, 9.17) is 21.7 Å². The molecule has 2 aromatic rings. The molecule has 0 aliphatic carbocycles. The van der Waals surface area contributed by atoms with Crippen LogP contribution in [0, 0.1) is 5.92 Å². The Hall–Kier alpha value is -2.98. The Morgan fingerprint density at radius 1 is 1.19 bits per heavy atom. The SMILES string of the molecule is CC(C)CCOc1ccc(C(=O)NC(=S)N2CCNC(=O)C2CC(=O)OCCc2ccccc2)cc1Br. The first-order chi connectivity index (χ1) is 17.7. The average Bonchev–Trinajstić information content (AvgIpc) is 2.86. The number of hydrogen-bond donors (Lipinski definition) is 2. The number of amides is 2. The summed E-state index contributed by atoms with van der Waals surface area (Å²) in [5.74, 6) is -0.0859. The summed E-state index contributed by atoms with van der Waals surface area (Å²) in [7, 11) is 0. The van der Waals surface area contributed by atoms with Crippen LogP contribution in [0.15, 0.2) is 53.0 Å². The molecule has 2 aromatic carbocycles. The number of esters is 1. The van der Waals surface area contributed by atoms with E-state index in [0.717, 1.165) is 12.0 Å². The van der Waals surface area contributed by atoms with Crippen LogP contribution in [0.25, 0.3) is 0 Å². The van der Waals surface area contributed by atoms with Crippen LogP contribution in [-0.2, 0) is 20.7 Å². The zero-order valence-electron chi connectivity index (χ0n) is 21.0. The summed E-state index contributed by atoms with van der Waals surface area (Å²) in [6.07, 6.45) is 1.33. The molecule has 3 rings (SSSR count). The Labute approximate surface area is 231 Å². The summed E-state index contributed by atoms with van der Waals surface area (Å²) in [6.45, 7) is 5.76. The number of carbonyl (C=O) groups is 3. The Kier molecular flexibility index (Phi) is 10.9. The van der Waals surface area contributed by atoms with E-state index < -0.39 is 17.9 Å². The number of piperazine rings is 1. The van der Waals surface area contributed by atoms with Gasteiger partial charge in [0, 0.05) is 25.1 Å². The van der Waals surface area contributed by atoms with Gasteiger partial charge in [0.15, 0.2) is 5.11 Å². The zero-order valence-corrected chi connectivity index (χ0v) is 23.4. The second-order valence-electron chi connectivity index (χ2n) is 9.10. The molecule has 1 unspecified atom stereocenters. The minimum Gasteiger partial charge on any atom is -0.492 e. The maximum Gasteiger partial charge on any atom is 0.308 e. The normalized spacial score (nSPS) is 15.2. The van der Waals surface area contributed by atoms with Gasteiger partial charge in [0.25, 0.3) is 5.91 Å². The molecular formula is C27H32BrN3O5S. The number of rotatable bonds is 10. The number of ether oxygens (including phenoxy) is 2. The van der Waals surface area contributed by atoms with Crippen LogP contribution in [-0.4, -0.2) is 60.1 Å². The minimum atomic E-state index is -0.866. The third-order valence-corrected chi connectivity index (χ3v) is 6.77. The second kappa shape index (κ2) is 14.1.